The first-order chi connectivity index (χ1) is 9.27. The van der Waals surface area contributed by atoms with Crippen molar-refractivity contribution in [3.63, 3.8) is 0 Å². The number of carboxylic acids is 1. The summed E-state index contributed by atoms with van der Waals surface area (Å²) in [5.41, 5.74) is -2.31. The topological polar surface area (TPSA) is 62.2 Å². The van der Waals surface area contributed by atoms with E-state index in [1.54, 1.807) is 12.1 Å². The number of aromatic nitrogens is 1. The van der Waals surface area contributed by atoms with Gasteiger partial charge in [0.1, 0.15) is 0 Å². The second-order valence-corrected chi connectivity index (χ2v) is 5.69. The van der Waals surface area contributed by atoms with Crippen molar-refractivity contribution >= 4 is 21.9 Å². The summed E-state index contributed by atoms with van der Waals surface area (Å²) in [6.45, 7) is -0.601. The molecule has 4 nitrogen and oxygen atoms in total. The molecule has 1 aromatic heterocycles. The number of nitrogens with one attached hydrogen (secondary N) is 1. The zero-order valence-electron chi connectivity index (χ0n) is 10.2. The Bertz CT molecular complexity index is 506. The number of carbonyl (C=O) groups is 1. The smallest absolute Gasteiger partial charge is 0.406 e. The first kappa shape index (κ1) is 15.2. The van der Waals surface area contributed by atoms with Gasteiger partial charge in [0.05, 0.1) is 0 Å². The van der Waals surface area contributed by atoms with Gasteiger partial charge in [0.25, 0.3) is 0 Å². The first-order valence-corrected chi connectivity index (χ1v) is 6.68. The molecule has 1 aromatic rings. The summed E-state index contributed by atoms with van der Waals surface area (Å²) < 4.78 is 40.4. The lowest BCUT2D eigenvalue weighted by Crippen LogP contribution is -2.51. The molecule has 0 amide bonds. The molecule has 0 saturated carbocycles. The normalized spacial score (nSPS) is 26.7. The van der Waals surface area contributed by atoms with E-state index in [9.17, 15) is 18.0 Å². The molecule has 0 bridgehead atoms. The molecule has 8 heteroatoms. The third kappa shape index (κ3) is 2.54. The Balaban J connectivity index is 2.30. The number of pyridine rings is 1. The molecule has 1 aliphatic heterocycles. The zero-order chi connectivity index (χ0) is 15.0. The number of aliphatic carboxylic acids is 1. The van der Waals surface area contributed by atoms with Crippen LogP contribution in [0.25, 0.3) is 0 Å². The van der Waals surface area contributed by atoms with Crippen molar-refractivity contribution in [1.82, 2.24) is 10.3 Å². The highest BCUT2D eigenvalue weighted by molar-refractivity contribution is 9.10. The van der Waals surface area contributed by atoms with E-state index in [4.69, 9.17) is 5.11 Å². The maximum atomic E-state index is 13.2. The molecular weight excluding hydrogens is 341 g/mol. The lowest BCUT2D eigenvalue weighted by atomic mass is 9.75. The van der Waals surface area contributed by atoms with Gasteiger partial charge in [0, 0.05) is 28.8 Å². The van der Waals surface area contributed by atoms with E-state index < -0.39 is 30.0 Å². The third-order valence-electron chi connectivity index (χ3n) is 3.62. The molecule has 2 rings (SSSR count). The second-order valence-electron chi connectivity index (χ2n) is 4.77. The minimum absolute atomic E-state index is 0.00353. The zero-order valence-corrected chi connectivity index (χ0v) is 11.8. The van der Waals surface area contributed by atoms with Gasteiger partial charge in [-0.25, -0.2) is 0 Å². The molecule has 1 saturated heterocycles. The summed E-state index contributed by atoms with van der Waals surface area (Å²) >= 11 is 3.19. The number of carboxylic acid groups (broad SMARTS) is 1. The highest BCUT2D eigenvalue weighted by Crippen LogP contribution is 2.47. The van der Waals surface area contributed by atoms with Crippen LogP contribution in [0.2, 0.25) is 0 Å². The number of hydrogen-bond acceptors (Lipinski definition) is 3. The van der Waals surface area contributed by atoms with Gasteiger partial charge in [0.2, 0.25) is 0 Å². The Morgan fingerprint density at radius 3 is 2.75 bits per heavy atom. The van der Waals surface area contributed by atoms with Gasteiger partial charge in [-0.15, -0.1) is 0 Å². The van der Waals surface area contributed by atoms with Crippen molar-refractivity contribution in [2.75, 3.05) is 13.1 Å². The molecule has 20 heavy (non-hydrogen) atoms. The van der Waals surface area contributed by atoms with E-state index in [0.717, 1.165) is 0 Å². The molecule has 2 heterocycles. The maximum Gasteiger partial charge on any atom is 0.406 e. The molecule has 0 radical (unpaired) electrons. The highest BCUT2D eigenvalue weighted by atomic mass is 79.9. The van der Waals surface area contributed by atoms with Crippen LogP contribution in [0.4, 0.5) is 13.2 Å². The number of rotatable bonds is 3. The quantitative estimate of drug-likeness (QED) is 0.875. The van der Waals surface area contributed by atoms with Crippen molar-refractivity contribution in [3.05, 3.63) is 28.5 Å². The summed E-state index contributed by atoms with van der Waals surface area (Å²) in [6.07, 6.45) is -3.36. The van der Waals surface area contributed by atoms with Crippen molar-refractivity contribution in [2.45, 2.75) is 12.6 Å². The fourth-order valence-electron chi connectivity index (χ4n) is 2.49. The summed E-state index contributed by atoms with van der Waals surface area (Å²) in [6, 6.07) is 3.26. The fourth-order valence-corrected chi connectivity index (χ4v) is 2.73. The monoisotopic (exact) mass is 352 g/mol. The van der Waals surface area contributed by atoms with Crippen LogP contribution in [-0.4, -0.2) is 35.3 Å². The van der Waals surface area contributed by atoms with Gasteiger partial charge in [-0.3, -0.25) is 9.78 Å². The standard InChI is InChI=1S/C12H12BrF3N2O2/c13-8-1-2-9(18-5-8)3-7-4-17-6-11(7,10(19)20)12(14,15)16/h1-2,5,7,17H,3-4,6H2,(H,19,20). The first-order valence-electron chi connectivity index (χ1n) is 5.88. The molecular formula is C12H12BrF3N2O2. The van der Waals surface area contributed by atoms with Crippen LogP contribution >= 0.6 is 15.9 Å². The lowest BCUT2D eigenvalue weighted by molar-refractivity contribution is -0.236. The summed E-state index contributed by atoms with van der Waals surface area (Å²) in [5.74, 6) is -2.91. The van der Waals surface area contributed by atoms with Crippen LogP contribution in [0.5, 0.6) is 0 Å². The van der Waals surface area contributed by atoms with Gasteiger partial charge >= 0.3 is 12.1 Å². The molecule has 0 aliphatic carbocycles. The Labute approximate surface area is 121 Å². The van der Waals surface area contributed by atoms with Crippen LogP contribution in [0, 0.1) is 11.3 Å². The van der Waals surface area contributed by atoms with Gasteiger partial charge < -0.3 is 10.4 Å². The summed E-state index contributed by atoms with van der Waals surface area (Å²) in [7, 11) is 0. The molecule has 110 valence electrons. The molecule has 0 aromatic carbocycles. The van der Waals surface area contributed by atoms with E-state index in [1.165, 1.54) is 6.20 Å². The predicted molar refractivity (Wildman–Crippen MR) is 68.1 cm³/mol. The Kier molecular flexibility index (Phi) is 4.06. The number of nitrogens with zero attached hydrogens (tertiary/aromatic N) is 1. The maximum absolute atomic E-state index is 13.2. The van der Waals surface area contributed by atoms with Gasteiger partial charge in [-0.1, -0.05) is 0 Å². The van der Waals surface area contributed by atoms with Crippen LogP contribution < -0.4 is 5.32 Å². The third-order valence-corrected chi connectivity index (χ3v) is 4.09. The van der Waals surface area contributed by atoms with E-state index in [1.807, 2.05) is 0 Å². The van der Waals surface area contributed by atoms with Gasteiger partial charge in [-0.2, -0.15) is 13.2 Å². The van der Waals surface area contributed by atoms with Crippen molar-refractivity contribution in [2.24, 2.45) is 11.3 Å². The number of hydrogen-bond donors (Lipinski definition) is 2. The molecule has 1 fully saturated rings. The molecule has 2 unspecified atom stereocenters. The lowest BCUT2D eigenvalue weighted by Gasteiger charge is -2.32. The van der Waals surface area contributed by atoms with Gasteiger partial charge in [-0.05, 0) is 41.0 Å². The van der Waals surface area contributed by atoms with Crippen LogP contribution in [-0.2, 0) is 11.2 Å². The molecule has 2 atom stereocenters. The van der Waals surface area contributed by atoms with Crippen molar-refractivity contribution in [1.29, 1.82) is 0 Å². The van der Waals surface area contributed by atoms with Crippen LogP contribution in [0.1, 0.15) is 5.69 Å². The molecule has 1 aliphatic rings. The Morgan fingerprint density at radius 1 is 1.55 bits per heavy atom. The van der Waals surface area contributed by atoms with E-state index >= 15 is 0 Å². The largest absolute Gasteiger partial charge is 0.481 e. The SMILES string of the molecule is O=C(O)C1(C(F)(F)F)CNCC1Cc1ccc(Br)cn1. The summed E-state index contributed by atoms with van der Waals surface area (Å²) in [4.78, 5) is 15.3. The van der Waals surface area contributed by atoms with E-state index in [0.29, 0.717) is 10.2 Å². The fraction of sp³-hybridized carbons (Fsp3) is 0.500. The average Bonchev–Trinajstić information content (AvgIpc) is 2.76. The summed E-state index contributed by atoms with van der Waals surface area (Å²) in [5, 5.41) is 11.6. The van der Waals surface area contributed by atoms with E-state index in [-0.39, 0.29) is 13.0 Å². The minimum atomic E-state index is -4.80. The number of halogens is 4. The van der Waals surface area contributed by atoms with Crippen LogP contribution in [0.15, 0.2) is 22.8 Å². The highest BCUT2D eigenvalue weighted by Gasteiger charge is 2.66. The molecule has 0 spiro atoms. The number of alkyl halides is 3. The molecule has 2 N–H and O–H groups in total. The van der Waals surface area contributed by atoms with Crippen molar-refractivity contribution < 1.29 is 23.1 Å². The Morgan fingerprint density at radius 2 is 2.25 bits per heavy atom. The van der Waals surface area contributed by atoms with Crippen molar-refractivity contribution in [3.8, 4) is 0 Å². The average molecular weight is 353 g/mol. The minimum Gasteiger partial charge on any atom is -0.481 e. The van der Waals surface area contributed by atoms with E-state index in [2.05, 4.69) is 26.2 Å². The van der Waals surface area contributed by atoms with Gasteiger partial charge in [0.15, 0.2) is 5.41 Å². The Hall–Kier alpha value is -1.15. The second kappa shape index (κ2) is 5.33. The predicted octanol–water partition coefficient (Wildman–Crippen LogP) is 2.24. The van der Waals surface area contributed by atoms with Crippen LogP contribution in [0.3, 0.4) is 0 Å².